The van der Waals surface area contributed by atoms with Gasteiger partial charge in [0.05, 0.1) is 42.5 Å². The molecule has 0 spiro atoms. The average molecular weight is 836 g/mol. The third-order valence-electron chi connectivity index (χ3n) is 14.3. The summed E-state index contributed by atoms with van der Waals surface area (Å²) < 4.78 is 27.4. The Morgan fingerprint density at radius 3 is 2.25 bits per heavy atom. The lowest BCUT2D eigenvalue weighted by Crippen LogP contribution is -2.75. The summed E-state index contributed by atoms with van der Waals surface area (Å²) in [4.78, 5) is 55.3. The molecule has 2 bridgehead atoms. The third kappa shape index (κ3) is 7.28. The second-order valence-electron chi connectivity index (χ2n) is 17.5. The molecule has 4 aliphatic carbocycles. The van der Waals surface area contributed by atoms with Crippen LogP contribution in [0.2, 0.25) is 0 Å². The number of ether oxygens (including phenoxy) is 5. The van der Waals surface area contributed by atoms with Gasteiger partial charge in [-0.1, -0.05) is 51.1 Å². The Morgan fingerprint density at radius 1 is 1.00 bits per heavy atom. The summed E-state index contributed by atoms with van der Waals surface area (Å²) in [6.45, 7) is 6.17. The monoisotopic (exact) mass is 835 g/mol. The summed E-state index contributed by atoms with van der Waals surface area (Å²) in [5, 5.41) is 91.6. The number of ketones is 1. The molecular formula is C41H57NO17. The van der Waals surface area contributed by atoms with Gasteiger partial charge in [0.1, 0.15) is 37.1 Å². The standard InChI is InChI=1S/C41H57NO17/c1-18-22(57-35(51)29(47)27(42-37(52)55-6)20-10-8-7-9-11-20)15-41(54)19(2)33-39(5,24(44)14-21-12-13-40(21,33)53)34(50)32(26(18)38(41,3)4)59-25(45)17-56-36-31(49)30(48)28(46)23(16-43)58-36/h7-11,19,21-24,27-33,36,43-44,46-49,53-54H,12-17H2,1-6H3,(H,42,52)/t19-,21+,22?,23?,24?,27?,28?,29?,30?,31?,32?,33?,36?,39+,40?,41?/m0/s1. The maximum atomic E-state index is 15.3. The van der Waals surface area contributed by atoms with E-state index in [4.69, 9.17) is 23.7 Å². The van der Waals surface area contributed by atoms with Crippen LogP contribution in [0.15, 0.2) is 41.5 Å². The highest BCUT2D eigenvalue weighted by Gasteiger charge is 2.73. The Kier molecular flexibility index (Phi) is 12.5. The van der Waals surface area contributed by atoms with Crippen molar-refractivity contribution in [1.29, 1.82) is 0 Å². The number of aliphatic hydroxyl groups is 8. The van der Waals surface area contributed by atoms with E-state index in [0.29, 0.717) is 12.0 Å². The van der Waals surface area contributed by atoms with E-state index in [1.165, 1.54) is 13.8 Å². The summed E-state index contributed by atoms with van der Waals surface area (Å²) >= 11 is 0. The number of fused-ring (bicyclic) bond motifs is 5. The molecule has 3 saturated carbocycles. The Hall–Kier alpha value is -3.56. The molecule has 1 saturated heterocycles. The van der Waals surface area contributed by atoms with E-state index in [1.54, 1.807) is 51.1 Å². The van der Waals surface area contributed by atoms with Crippen LogP contribution in [0.25, 0.3) is 0 Å². The molecule has 16 atom stereocenters. The van der Waals surface area contributed by atoms with Gasteiger partial charge in [-0.25, -0.2) is 14.4 Å². The molecule has 6 rings (SSSR count). The van der Waals surface area contributed by atoms with E-state index in [-0.39, 0.29) is 30.4 Å². The van der Waals surface area contributed by atoms with Crippen LogP contribution in [0.5, 0.6) is 0 Å². The van der Waals surface area contributed by atoms with Gasteiger partial charge in [-0.3, -0.25) is 4.79 Å². The predicted molar refractivity (Wildman–Crippen MR) is 200 cm³/mol. The number of aliphatic hydroxyl groups excluding tert-OH is 6. The first kappa shape index (κ1) is 45.0. The second kappa shape index (κ2) is 16.4. The maximum absolute atomic E-state index is 15.3. The van der Waals surface area contributed by atoms with E-state index in [1.807, 2.05) is 0 Å². The minimum Gasteiger partial charge on any atom is -0.456 e. The van der Waals surface area contributed by atoms with Gasteiger partial charge in [-0.05, 0) is 61.7 Å². The molecule has 0 aromatic heterocycles. The summed E-state index contributed by atoms with van der Waals surface area (Å²) in [7, 11) is 1.11. The van der Waals surface area contributed by atoms with Crippen molar-refractivity contribution in [1.82, 2.24) is 5.32 Å². The zero-order valence-electron chi connectivity index (χ0n) is 33.9. The summed E-state index contributed by atoms with van der Waals surface area (Å²) in [5.41, 5.74) is -6.19. The number of hydrogen-bond donors (Lipinski definition) is 9. The first-order valence-corrected chi connectivity index (χ1v) is 19.9. The molecule has 1 aromatic carbocycles. The minimum absolute atomic E-state index is 0.0264. The molecule has 328 valence electrons. The molecule has 5 aliphatic rings. The highest BCUT2D eigenvalue weighted by Crippen LogP contribution is 2.67. The Labute approximate surface area is 341 Å². The van der Waals surface area contributed by atoms with E-state index in [9.17, 15) is 55.2 Å². The SMILES string of the molecule is COC(=O)NC(c1ccccc1)C(O)C(=O)OC1CC2(O)[C@@H](C)C3C4(O)CC[C@@H]4CC(O)[C@@]3(C)C(=O)C(OC(=O)COC3OC(CO)C(O)C(O)C3O)C(=C1C)C2(C)C. The van der Waals surface area contributed by atoms with Gasteiger partial charge in [0.25, 0.3) is 0 Å². The highest BCUT2D eigenvalue weighted by molar-refractivity contribution is 5.95. The largest absolute Gasteiger partial charge is 0.456 e. The van der Waals surface area contributed by atoms with Crippen molar-refractivity contribution in [3.8, 4) is 0 Å². The van der Waals surface area contributed by atoms with Crippen LogP contribution < -0.4 is 5.32 Å². The number of carbonyl (C=O) groups is 4. The van der Waals surface area contributed by atoms with Gasteiger partial charge in [0, 0.05) is 17.8 Å². The lowest BCUT2D eigenvalue weighted by atomic mass is 9.39. The fraction of sp³-hybridized carbons (Fsp3) is 0.707. The average Bonchev–Trinajstić information content (AvgIpc) is 3.20. The molecule has 4 fully saturated rings. The molecule has 13 unspecified atom stereocenters. The predicted octanol–water partition coefficient (Wildman–Crippen LogP) is -0.691. The molecule has 1 aromatic rings. The second-order valence-corrected chi connectivity index (χ2v) is 17.5. The zero-order valence-corrected chi connectivity index (χ0v) is 33.9. The van der Waals surface area contributed by atoms with Gasteiger partial charge >= 0.3 is 18.0 Å². The van der Waals surface area contributed by atoms with Crippen molar-refractivity contribution in [2.45, 2.75) is 133 Å². The minimum atomic E-state index is -2.01. The number of Topliss-reactive ketones (excluding diaryl/α,β-unsaturated/α-hetero) is 1. The van der Waals surface area contributed by atoms with E-state index in [0.717, 1.165) is 7.11 Å². The van der Waals surface area contributed by atoms with Crippen LogP contribution >= 0.6 is 0 Å². The normalized spacial score (nSPS) is 41.1. The molecule has 18 nitrogen and oxygen atoms in total. The van der Waals surface area contributed by atoms with Gasteiger partial charge in [-0.15, -0.1) is 0 Å². The van der Waals surface area contributed by atoms with Crippen LogP contribution in [-0.4, -0.2) is 151 Å². The lowest BCUT2D eigenvalue weighted by molar-refractivity contribution is -0.300. The highest BCUT2D eigenvalue weighted by atomic mass is 16.7. The van der Waals surface area contributed by atoms with Gasteiger partial charge in [0.15, 0.2) is 24.3 Å². The van der Waals surface area contributed by atoms with Crippen molar-refractivity contribution in [3.05, 3.63) is 47.0 Å². The number of esters is 2. The molecule has 1 amide bonds. The fourth-order valence-electron chi connectivity index (χ4n) is 10.8. The quantitative estimate of drug-likeness (QED) is 0.0801. The molecule has 1 aliphatic heterocycles. The van der Waals surface area contributed by atoms with Crippen LogP contribution in [0.1, 0.15) is 71.9 Å². The van der Waals surface area contributed by atoms with Crippen LogP contribution in [-0.2, 0) is 38.1 Å². The Balaban J connectivity index is 1.40. The van der Waals surface area contributed by atoms with Gasteiger partial charge in [-0.2, -0.15) is 0 Å². The summed E-state index contributed by atoms with van der Waals surface area (Å²) in [6, 6.07) is 6.74. The Bertz CT molecular complexity index is 1800. The smallest absolute Gasteiger partial charge is 0.407 e. The van der Waals surface area contributed by atoms with Crippen molar-refractivity contribution in [2.75, 3.05) is 20.3 Å². The first-order valence-electron chi connectivity index (χ1n) is 19.9. The Morgan fingerprint density at radius 2 is 1.66 bits per heavy atom. The maximum Gasteiger partial charge on any atom is 0.407 e. The zero-order chi connectivity index (χ0) is 43.6. The topological polar surface area (TPSA) is 288 Å². The lowest BCUT2D eigenvalue weighted by Gasteiger charge is -2.68. The van der Waals surface area contributed by atoms with E-state index >= 15 is 4.79 Å². The van der Waals surface area contributed by atoms with Crippen LogP contribution in [0.4, 0.5) is 4.79 Å². The number of methoxy groups -OCH3 is 1. The fourth-order valence-corrected chi connectivity index (χ4v) is 10.8. The number of hydrogen-bond acceptors (Lipinski definition) is 17. The number of alkyl carbamates (subject to hydrolysis) is 1. The molecule has 0 radical (unpaired) electrons. The number of benzene rings is 1. The third-order valence-corrected chi connectivity index (χ3v) is 14.3. The number of carbonyl (C=O) groups excluding carboxylic acids is 4. The first-order chi connectivity index (χ1) is 27.6. The summed E-state index contributed by atoms with van der Waals surface area (Å²) in [5.74, 6) is -5.69. The van der Waals surface area contributed by atoms with Gasteiger partial charge in [0.2, 0.25) is 0 Å². The van der Waals surface area contributed by atoms with Crippen molar-refractivity contribution in [3.63, 3.8) is 0 Å². The molecule has 9 N–H and O–H groups in total. The molecule has 18 heteroatoms. The summed E-state index contributed by atoms with van der Waals surface area (Å²) in [6.07, 6.45) is -15.4. The van der Waals surface area contributed by atoms with Crippen LogP contribution in [0, 0.1) is 28.6 Å². The van der Waals surface area contributed by atoms with Crippen molar-refractivity contribution < 1.29 is 83.7 Å². The molecular weight excluding hydrogens is 778 g/mol. The van der Waals surface area contributed by atoms with Crippen molar-refractivity contribution >= 4 is 23.8 Å². The van der Waals surface area contributed by atoms with Crippen LogP contribution in [0.3, 0.4) is 0 Å². The molecule has 1 heterocycles. The number of rotatable bonds is 10. The molecule has 59 heavy (non-hydrogen) atoms. The van der Waals surface area contributed by atoms with E-state index < -0.39 is 138 Å². The number of nitrogens with one attached hydrogen (secondary N) is 1. The van der Waals surface area contributed by atoms with Crippen molar-refractivity contribution in [2.24, 2.45) is 28.6 Å². The van der Waals surface area contributed by atoms with Gasteiger partial charge < -0.3 is 69.9 Å². The van der Waals surface area contributed by atoms with E-state index in [2.05, 4.69) is 5.32 Å². The number of amides is 1.